The van der Waals surface area contributed by atoms with E-state index in [-0.39, 0.29) is 28.8 Å². The van der Waals surface area contributed by atoms with E-state index >= 15 is 0 Å². The number of thioether (sulfide) groups is 1. The van der Waals surface area contributed by atoms with Gasteiger partial charge in [0.05, 0.1) is 29.6 Å². The van der Waals surface area contributed by atoms with Crippen molar-refractivity contribution in [3.63, 3.8) is 0 Å². The molecule has 1 aliphatic carbocycles. The lowest BCUT2D eigenvalue weighted by molar-refractivity contribution is -0.116. The van der Waals surface area contributed by atoms with Gasteiger partial charge in [-0.05, 0) is 43.5 Å². The average Bonchev–Trinajstić information content (AvgIpc) is 3.56. The number of anilines is 2. The highest BCUT2D eigenvalue weighted by molar-refractivity contribution is 8.01. The minimum Gasteiger partial charge on any atom is -0.468 e. The van der Waals surface area contributed by atoms with Crippen molar-refractivity contribution in [2.24, 2.45) is 5.73 Å². The molecule has 3 N–H and O–H groups in total. The number of carbonyl (C=O) groups excluding carboxylic acids is 2. The van der Waals surface area contributed by atoms with Crippen LogP contribution >= 0.6 is 23.1 Å². The number of para-hydroxylation sites is 1. The van der Waals surface area contributed by atoms with E-state index in [2.05, 4.69) is 21.6 Å². The van der Waals surface area contributed by atoms with Crippen LogP contribution in [0.25, 0.3) is 0 Å². The molecule has 36 heavy (non-hydrogen) atoms. The molecular formula is C25H22N6O3S2. The highest BCUT2D eigenvalue weighted by Gasteiger charge is 2.42. The number of furan rings is 1. The van der Waals surface area contributed by atoms with E-state index in [0.717, 1.165) is 11.3 Å². The van der Waals surface area contributed by atoms with Gasteiger partial charge in [0.15, 0.2) is 10.1 Å². The molecule has 5 rings (SSSR count). The number of nitrogens with one attached hydrogen (secondary N) is 1. The van der Waals surface area contributed by atoms with Crippen molar-refractivity contribution in [2.75, 3.05) is 16.0 Å². The Balaban J connectivity index is 1.40. The molecule has 1 atom stereocenters. The molecule has 2 aliphatic rings. The Morgan fingerprint density at radius 1 is 1.31 bits per heavy atom. The number of ketones is 1. The molecule has 1 aliphatic heterocycles. The SMILES string of the molecule is Cc1ccccc1NC(=O)CSc1nnc(N2C(N)=C(C#N)C(c3ccco3)C3=C2CCCC3=O)s1. The number of Topliss-reactive ketones (excluding diaryl/α,β-unsaturated/α-hetero) is 1. The van der Waals surface area contributed by atoms with E-state index in [0.29, 0.717) is 45.8 Å². The standard InChI is InChI=1S/C25H22N6O3S2/c1-14-6-2-3-7-16(14)28-20(33)13-35-25-30-29-24(36-25)31-17-8-4-9-18(32)22(17)21(15(12-26)23(31)27)19-10-5-11-34-19/h2-3,5-7,10-11,21H,4,8-9,13,27H2,1H3,(H,28,33). The third-order valence-electron chi connectivity index (χ3n) is 6.07. The fourth-order valence-electron chi connectivity index (χ4n) is 4.42. The second-order valence-corrected chi connectivity index (χ2v) is 10.5. The molecule has 11 heteroatoms. The summed E-state index contributed by atoms with van der Waals surface area (Å²) in [6.45, 7) is 1.93. The predicted molar refractivity (Wildman–Crippen MR) is 137 cm³/mol. The van der Waals surface area contributed by atoms with Gasteiger partial charge in [-0.3, -0.25) is 14.5 Å². The maximum atomic E-state index is 13.1. The van der Waals surface area contributed by atoms with Crippen LogP contribution in [-0.2, 0) is 9.59 Å². The first-order valence-corrected chi connectivity index (χ1v) is 13.1. The Labute approximate surface area is 215 Å². The topological polar surface area (TPSA) is 138 Å². The molecule has 0 fully saturated rings. The van der Waals surface area contributed by atoms with Crippen LogP contribution in [0.1, 0.15) is 36.5 Å². The monoisotopic (exact) mass is 518 g/mol. The summed E-state index contributed by atoms with van der Waals surface area (Å²) in [5.41, 5.74) is 9.73. The van der Waals surface area contributed by atoms with Gasteiger partial charge >= 0.3 is 0 Å². The van der Waals surface area contributed by atoms with Gasteiger partial charge in [-0.25, -0.2) is 0 Å². The second-order valence-electron chi connectivity index (χ2n) is 8.33. The van der Waals surface area contributed by atoms with E-state index in [1.807, 2.05) is 31.2 Å². The normalized spacial score (nSPS) is 17.7. The first-order valence-electron chi connectivity index (χ1n) is 11.3. The number of benzene rings is 1. The smallest absolute Gasteiger partial charge is 0.234 e. The van der Waals surface area contributed by atoms with Crippen LogP contribution < -0.4 is 16.0 Å². The molecule has 9 nitrogen and oxygen atoms in total. The quantitative estimate of drug-likeness (QED) is 0.452. The molecule has 1 amide bonds. The number of nitriles is 1. The van der Waals surface area contributed by atoms with Crippen molar-refractivity contribution in [3.05, 3.63) is 76.6 Å². The van der Waals surface area contributed by atoms with E-state index in [4.69, 9.17) is 10.2 Å². The molecule has 0 bridgehead atoms. The van der Waals surface area contributed by atoms with Gasteiger partial charge in [0.1, 0.15) is 11.6 Å². The minimum absolute atomic E-state index is 0.0325. The van der Waals surface area contributed by atoms with Crippen molar-refractivity contribution in [1.82, 2.24) is 10.2 Å². The number of aryl methyl sites for hydroxylation is 1. The van der Waals surface area contributed by atoms with Crippen LogP contribution in [0.4, 0.5) is 10.8 Å². The molecule has 2 aromatic heterocycles. The molecule has 1 aromatic carbocycles. The Bertz CT molecular complexity index is 1430. The molecule has 3 aromatic rings. The maximum Gasteiger partial charge on any atom is 0.234 e. The third kappa shape index (κ3) is 4.41. The number of nitrogens with zero attached hydrogens (tertiary/aromatic N) is 4. The van der Waals surface area contributed by atoms with Crippen molar-refractivity contribution in [2.45, 2.75) is 36.4 Å². The number of aromatic nitrogens is 2. The van der Waals surface area contributed by atoms with E-state index in [9.17, 15) is 14.9 Å². The van der Waals surface area contributed by atoms with E-state index < -0.39 is 5.92 Å². The van der Waals surface area contributed by atoms with Gasteiger partial charge in [-0.15, -0.1) is 10.2 Å². The lowest BCUT2D eigenvalue weighted by Gasteiger charge is -2.37. The zero-order chi connectivity index (χ0) is 25.2. The van der Waals surface area contributed by atoms with Crippen LogP contribution in [-0.4, -0.2) is 27.6 Å². The Hall–Kier alpha value is -3.88. The Morgan fingerprint density at radius 2 is 2.14 bits per heavy atom. The minimum atomic E-state index is -0.643. The highest BCUT2D eigenvalue weighted by Crippen LogP contribution is 2.47. The highest BCUT2D eigenvalue weighted by atomic mass is 32.2. The zero-order valence-corrected chi connectivity index (χ0v) is 21.0. The number of hydrogen-bond donors (Lipinski definition) is 2. The van der Waals surface area contributed by atoms with Crippen LogP contribution in [0.5, 0.6) is 0 Å². The summed E-state index contributed by atoms with van der Waals surface area (Å²) in [5.74, 6) is 0.0395. The second kappa shape index (κ2) is 10.0. The van der Waals surface area contributed by atoms with Gasteiger partial charge in [-0.2, -0.15) is 5.26 Å². The molecule has 1 unspecified atom stereocenters. The number of rotatable bonds is 6. The van der Waals surface area contributed by atoms with Gasteiger partial charge < -0.3 is 15.5 Å². The summed E-state index contributed by atoms with van der Waals surface area (Å²) in [6, 6.07) is 13.2. The molecule has 0 radical (unpaired) electrons. The van der Waals surface area contributed by atoms with E-state index in [1.54, 1.807) is 17.0 Å². The van der Waals surface area contributed by atoms with Crippen LogP contribution in [0.3, 0.4) is 0 Å². The summed E-state index contributed by atoms with van der Waals surface area (Å²) in [5, 5.41) is 21.8. The number of amides is 1. The number of carbonyl (C=O) groups is 2. The number of allylic oxidation sites excluding steroid dienone is 3. The Kier molecular flexibility index (Phi) is 6.63. The summed E-state index contributed by atoms with van der Waals surface area (Å²) < 4.78 is 6.17. The average molecular weight is 519 g/mol. The predicted octanol–water partition coefficient (Wildman–Crippen LogP) is 4.48. The largest absolute Gasteiger partial charge is 0.468 e. The van der Waals surface area contributed by atoms with Crippen molar-refractivity contribution >= 4 is 45.6 Å². The number of hydrogen-bond acceptors (Lipinski definition) is 10. The van der Waals surface area contributed by atoms with Crippen LogP contribution in [0, 0.1) is 18.3 Å². The fraction of sp³-hybridized carbons (Fsp3) is 0.240. The third-order valence-corrected chi connectivity index (χ3v) is 8.12. The first kappa shape index (κ1) is 23.8. The Morgan fingerprint density at radius 3 is 2.89 bits per heavy atom. The number of nitrogens with two attached hydrogens (primary N) is 1. The summed E-state index contributed by atoms with van der Waals surface area (Å²) in [7, 11) is 0. The van der Waals surface area contributed by atoms with Crippen molar-refractivity contribution < 1.29 is 14.0 Å². The molecular weight excluding hydrogens is 496 g/mol. The lowest BCUT2D eigenvalue weighted by Crippen LogP contribution is -2.38. The maximum absolute atomic E-state index is 13.1. The summed E-state index contributed by atoms with van der Waals surface area (Å²) >= 11 is 2.52. The first-order chi connectivity index (χ1) is 17.5. The van der Waals surface area contributed by atoms with Gasteiger partial charge in [0.2, 0.25) is 11.0 Å². The molecule has 0 spiro atoms. The molecule has 0 saturated carbocycles. The van der Waals surface area contributed by atoms with E-state index in [1.165, 1.54) is 29.4 Å². The zero-order valence-electron chi connectivity index (χ0n) is 19.4. The molecule has 0 saturated heterocycles. The lowest BCUT2D eigenvalue weighted by atomic mass is 9.78. The van der Waals surface area contributed by atoms with Crippen molar-refractivity contribution in [3.8, 4) is 6.07 Å². The molecule has 3 heterocycles. The summed E-state index contributed by atoms with van der Waals surface area (Å²) in [6.07, 6.45) is 3.20. The van der Waals surface area contributed by atoms with Gasteiger partial charge in [0, 0.05) is 23.4 Å². The van der Waals surface area contributed by atoms with Crippen molar-refractivity contribution in [1.29, 1.82) is 5.26 Å². The van der Waals surface area contributed by atoms with Crippen LogP contribution in [0.15, 0.2) is 74.1 Å². The molecule has 182 valence electrons. The fourth-order valence-corrected chi connectivity index (χ4v) is 6.10. The summed E-state index contributed by atoms with van der Waals surface area (Å²) in [4.78, 5) is 27.2. The van der Waals surface area contributed by atoms with Gasteiger partial charge in [-0.1, -0.05) is 41.3 Å². The van der Waals surface area contributed by atoms with Crippen LogP contribution in [0.2, 0.25) is 0 Å². The van der Waals surface area contributed by atoms with Gasteiger partial charge in [0.25, 0.3) is 0 Å².